The van der Waals surface area contributed by atoms with Gasteiger partial charge in [0.05, 0.1) is 37.0 Å². The maximum Gasteiger partial charge on any atom is 0.159 e. The van der Waals surface area contributed by atoms with E-state index in [0.717, 1.165) is 78.2 Å². The predicted octanol–water partition coefficient (Wildman–Crippen LogP) is 6.34. The topological polar surface area (TPSA) is 104 Å². The second kappa shape index (κ2) is 17.9. The highest BCUT2D eigenvalue weighted by Crippen LogP contribution is 2.36. The van der Waals surface area contributed by atoms with Crippen molar-refractivity contribution in [1.29, 1.82) is 0 Å². The third-order valence-electron chi connectivity index (χ3n) is 9.04. The summed E-state index contributed by atoms with van der Waals surface area (Å²) in [6.45, 7) is 7.12. The standard InChI is InChI=1S/C39H45ClF2N2O6/c1-25-28(6-3-7-32(25)33-8-4-9-37(26(33)2)48-15-5-13-44-14-12-31(47)20-44)24-50-39-18-38(49-23-27-10-11-35(41)36(42)16-27)29(17-34(39)40)19-43-30(21-45)22-46/h3-4,6-11,16-18,30-31,43,45-47H,5,12-15,19-24H2,1-2H3/t31-/m1/s1. The number of likely N-dealkylation sites (tertiary alicyclic amines) is 1. The minimum absolute atomic E-state index is 0.0411. The van der Waals surface area contributed by atoms with Crippen LogP contribution in [0.5, 0.6) is 17.2 Å². The Morgan fingerprint density at radius 1 is 0.840 bits per heavy atom. The molecule has 0 aromatic heterocycles. The molecular formula is C39H45ClF2N2O6. The van der Waals surface area contributed by atoms with Crippen molar-refractivity contribution in [3.63, 3.8) is 0 Å². The van der Waals surface area contributed by atoms with Crippen molar-refractivity contribution < 1.29 is 38.3 Å². The Balaban J connectivity index is 1.29. The zero-order valence-electron chi connectivity index (χ0n) is 28.4. The Labute approximate surface area is 297 Å². The molecule has 4 N–H and O–H groups in total. The first kappa shape index (κ1) is 37.5. The van der Waals surface area contributed by atoms with Crippen LogP contribution in [0.2, 0.25) is 5.02 Å². The summed E-state index contributed by atoms with van der Waals surface area (Å²) in [5.74, 6) is -0.305. The van der Waals surface area contributed by atoms with Crippen LogP contribution in [0, 0.1) is 25.5 Å². The van der Waals surface area contributed by atoms with Gasteiger partial charge in [-0.15, -0.1) is 0 Å². The first-order valence-corrected chi connectivity index (χ1v) is 17.2. The molecule has 50 heavy (non-hydrogen) atoms. The molecule has 0 radical (unpaired) electrons. The summed E-state index contributed by atoms with van der Waals surface area (Å²) in [6, 6.07) is 18.5. The molecule has 1 atom stereocenters. The Morgan fingerprint density at radius 2 is 1.58 bits per heavy atom. The first-order chi connectivity index (χ1) is 24.2. The Hall–Kier alpha value is -3.77. The summed E-state index contributed by atoms with van der Waals surface area (Å²) in [5, 5.41) is 32.2. The van der Waals surface area contributed by atoms with E-state index in [2.05, 4.69) is 36.2 Å². The lowest BCUT2D eigenvalue weighted by Gasteiger charge is -2.19. The normalized spacial score (nSPS) is 14.8. The van der Waals surface area contributed by atoms with Gasteiger partial charge in [-0.3, -0.25) is 0 Å². The molecule has 1 fully saturated rings. The molecular weight excluding hydrogens is 666 g/mol. The van der Waals surface area contributed by atoms with Crippen molar-refractivity contribution in [3.05, 3.63) is 111 Å². The quantitative estimate of drug-likeness (QED) is 0.0943. The fourth-order valence-corrected chi connectivity index (χ4v) is 6.27. The SMILES string of the molecule is Cc1c(COc2cc(OCc3ccc(F)c(F)c3)c(CNC(CO)CO)cc2Cl)cccc1-c1cccc(OCCCN2CC[C@@H](O)C2)c1C. The Bertz CT molecular complexity index is 1740. The van der Waals surface area contributed by atoms with Crippen LogP contribution in [0.25, 0.3) is 11.1 Å². The third-order valence-corrected chi connectivity index (χ3v) is 9.34. The van der Waals surface area contributed by atoms with Gasteiger partial charge in [-0.25, -0.2) is 8.78 Å². The molecule has 0 aliphatic carbocycles. The lowest BCUT2D eigenvalue weighted by atomic mass is 9.93. The van der Waals surface area contributed by atoms with Crippen molar-refractivity contribution in [2.45, 2.75) is 58.6 Å². The van der Waals surface area contributed by atoms with Gasteiger partial charge in [-0.2, -0.15) is 0 Å². The minimum atomic E-state index is -0.968. The van der Waals surface area contributed by atoms with Crippen LogP contribution in [0.3, 0.4) is 0 Å². The molecule has 11 heteroatoms. The smallest absolute Gasteiger partial charge is 0.159 e. The van der Waals surface area contributed by atoms with Gasteiger partial charge in [0, 0.05) is 37.8 Å². The zero-order chi connectivity index (χ0) is 35.6. The summed E-state index contributed by atoms with van der Waals surface area (Å²) >= 11 is 6.68. The molecule has 0 amide bonds. The molecule has 1 aliphatic rings. The van der Waals surface area contributed by atoms with Gasteiger partial charge in [0.25, 0.3) is 0 Å². The molecule has 268 valence electrons. The van der Waals surface area contributed by atoms with Crippen molar-refractivity contribution in [2.24, 2.45) is 0 Å². The summed E-state index contributed by atoms with van der Waals surface area (Å²) < 4.78 is 45.8. The molecule has 4 aromatic carbocycles. The van der Waals surface area contributed by atoms with Crippen molar-refractivity contribution in [3.8, 4) is 28.4 Å². The average Bonchev–Trinajstić information content (AvgIpc) is 3.53. The van der Waals surface area contributed by atoms with Gasteiger partial charge in [0.2, 0.25) is 0 Å². The number of nitrogens with zero attached hydrogens (tertiary/aromatic N) is 1. The van der Waals surface area contributed by atoms with Crippen molar-refractivity contribution in [1.82, 2.24) is 10.2 Å². The van der Waals surface area contributed by atoms with Crippen molar-refractivity contribution >= 4 is 11.6 Å². The highest BCUT2D eigenvalue weighted by molar-refractivity contribution is 6.32. The predicted molar refractivity (Wildman–Crippen MR) is 190 cm³/mol. The van der Waals surface area contributed by atoms with Gasteiger partial charge in [-0.05, 0) is 84.3 Å². The van der Waals surface area contributed by atoms with Gasteiger partial charge in [0.15, 0.2) is 11.6 Å². The molecule has 0 unspecified atom stereocenters. The van der Waals surface area contributed by atoms with Crippen LogP contribution in [-0.2, 0) is 19.8 Å². The molecule has 5 rings (SSSR count). The Morgan fingerprint density at radius 3 is 2.30 bits per heavy atom. The molecule has 1 heterocycles. The van der Waals surface area contributed by atoms with E-state index in [1.165, 1.54) is 6.07 Å². The van der Waals surface area contributed by atoms with Crippen LogP contribution >= 0.6 is 11.6 Å². The first-order valence-electron chi connectivity index (χ1n) is 16.9. The van der Waals surface area contributed by atoms with Crippen LogP contribution in [0.4, 0.5) is 8.78 Å². The van der Waals surface area contributed by atoms with Crippen molar-refractivity contribution in [2.75, 3.05) is 39.5 Å². The third kappa shape index (κ3) is 9.72. The average molecular weight is 711 g/mol. The molecule has 4 aromatic rings. The number of halogens is 3. The fourth-order valence-electron chi connectivity index (χ4n) is 6.03. The minimum Gasteiger partial charge on any atom is -0.493 e. The number of hydrogen-bond acceptors (Lipinski definition) is 8. The van der Waals surface area contributed by atoms with Crippen LogP contribution in [0.1, 0.15) is 40.7 Å². The van der Waals surface area contributed by atoms with Gasteiger partial charge >= 0.3 is 0 Å². The number of β-amino-alcohol motifs (C(OH)–C–C–N with tert-alkyl or cyclic N) is 1. The number of hydrogen-bond donors (Lipinski definition) is 4. The summed E-state index contributed by atoms with van der Waals surface area (Å²) in [6.07, 6.45) is 1.49. The van der Waals surface area contributed by atoms with E-state index < -0.39 is 17.7 Å². The fraction of sp³-hybridized carbons (Fsp3) is 0.385. The lowest BCUT2D eigenvalue weighted by Crippen LogP contribution is -2.35. The van der Waals surface area contributed by atoms with E-state index in [9.17, 15) is 24.1 Å². The van der Waals surface area contributed by atoms with Gasteiger partial charge in [0.1, 0.15) is 30.5 Å². The number of ether oxygens (including phenoxy) is 3. The molecule has 0 saturated carbocycles. The molecule has 1 saturated heterocycles. The number of nitrogens with one attached hydrogen (secondary N) is 1. The highest BCUT2D eigenvalue weighted by Gasteiger charge is 2.20. The maximum absolute atomic E-state index is 13.8. The maximum atomic E-state index is 13.8. The van der Waals surface area contributed by atoms with E-state index in [1.807, 2.05) is 24.3 Å². The molecule has 0 spiro atoms. The van der Waals surface area contributed by atoms with Gasteiger partial charge < -0.3 is 39.7 Å². The van der Waals surface area contributed by atoms with Crippen LogP contribution < -0.4 is 19.5 Å². The highest BCUT2D eigenvalue weighted by atomic mass is 35.5. The molecule has 0 bridgehead atoms. The lowest BCUT2D eigenvalue weighted by molar-refractivity contribution is 0.169. The monoisotopic (exact) mass is 710 g/mol. The van der Waals surface area contributed by atoms with E-state index in [0.29, 0.717) is 34.3 Å². The summed E-state index contributed by atoms with van der Waals surface area (Å²) in [7, 11) is 0. The van der Waals surface area contributed by atoms with Crippen LogP contribution in [0.15, 0.2) is 66.7 Å². The number of rotatable bonds is 17. The number of aliphatic hydroxyl groups excluding tert-OH is 3. The second-order valence-corrected chi connectivity index (χ2v) is 13.0. The Kier molecular flexibility index (Phi) is 13.4. The number of aliphatic hydroxyl groups is 3. The van der Waals surface area contributed by atoms with E-state index in [-0.39, 0.29) is 39.1 Å². The second-order valence-electron chi connectivity index (χ2n) is 12.6. The largest absolute Gasteiger partial charge is 0.493 e. The summed E-state index contributed by atoms with van der Waals surface area (Å²) in [5.41, 5.74) is 6.24. The van der Waals surface area contributed by atoms with E-state index >= 15 is 0 Å². The summed E-state index contributed by atoms with van der Waals surface area (Å²) in [4.78, 5) is 2.27. The van der Waals surface area contributed by atoms with E-state index in [1.54, 1.807) is 12.1 Å². The van der Waals surface area contributed by atoms with E-state index in [4.69, 9.17) is 25.8 Å². The molecule has 1 aliphatic heterocycles. The zero-order valence-corrected chi connectivity index (χ0v) is 29.2. The molecule has 8 nitrogen and oxygen atoms in total. The number of benzene rings is 4. The van der Waals surface area contributed by atoms with Crippen LogP contribution in [-0.4, -0.2) is 71.8 Å². The van der Waals surface area contributed by atoms with Gasteiger partial charge in [-0.1, -0.05) is 48.0 Å².